The Kier molecular flexibility index (Phi) is 5.77. The van der Waals surface area contributed by atoms with Crippen LogP contribution in [0.3, 0.4) is 0 Å². The molecule has 1 heterocycles. The molecular formula is C11H12ClF3N4O2. The molecule has 1 N–H and O–H groups in total. The van der Waals surface area contributed by atoms with Gasteiger partial charge in [-0.05, 0) is 11.6 Å². The number of alkyl halides is 3. The summed E-state index contributed by atoms with van der Waals surface area (Å²) in [5, 5.41) is 13.1. The minimum Gasteiger partial charge on any atom is -0.370 e. The number of halogens is 4. The first-order chi connectivity index (χ1) is 9.71. The van der Waals surface area contributed by atoms with Gasteiger partial charge >= 0.3 is 6.18 Å². The average Bonchev–Trinajstić information content (AvgIpc) is 2.36. The molecule has 0 aliphatic carbocycles. The van der Waals surface area contributed by atoms with E-state index in [2.05, 4.69) is 10.3 Å². The minimum absolute atomic E-state index is 0.204. The number of nitro groups is 1. The summed E-state index contributed by atoms with van der Waals surface area (Å²) in [4.78, 5) is 14.2. The van der Waals surface area contributed by atoms with Crippen molar-refractivity contribution in [1.29, 1.82) is 0 Å². The van der Waals surface area contributed by atoms with Crippen LogP contribution in [0.1, 0.15) is 5.56 Å². The van der Waals surface area contributed by atoms with Crippen LogP contribution in [0, 0.1) is 10.1 Å². The lowest BCUT2D eigenvalue weighted by atomic mass is 10.2. The first-order valence-electron chi connectivity index (χ1n) is 5.66. The van der Waals surface area contributed by atoms with Crippen LogP contribution >= 0.6 is 11.6 Å². The van der Waals surface area contributed by atoms with Crippen LogP contribution < -0.4 is 5.32 Å². The van der Waals surface area contributed by atoms with Crippen molar-refractivity contribution >= 4 is 11.6 Å². The predicted molar refractivity (Wildman–Crippen MR) is 69.8 cm³/mol. The van der Waals surface area contributed by atoms with E-state index in [1.807, 2.05) is 0 Å². The highest BCUT2D eigenvalue weighted by molar-refractivity contribution is 6.29. The van der Waals surface area contributed by atoms with Gasteiger partial charge in [0.15, 0.2) is 5.82 Å². The summed E-state index contributed by atoms with van der Waals surface area (Å²) >= 11 is 5.60. The summed E-state index contributed by atoms with van der Waals surface area (Å²) in [5.41, 5.74) is 0.438. The van der Waals surface area contributed by atoms with E-state index in [0.717, 1.165) is 4.90 Å². The Morgan fingerprint density at radius 3 is 2.67 bits per heavy atom. The standard InChI is InChI=1S/C11H12ClF3N4O2/c1-16-10(6-19(20)21)18(7-11(13,14)15)5-8-2-3-9(12)17-4-8/h2-4,6,16H,5,7H2,1H3/b10-6+. The normalized spacial score (nSPS) is 12.1. The second-order valence-corrected chi connectivity index (χ2v) is 4.40. The third-order valence-electron chi connectivity index (χ3n) is 2.36. The van der Waals surface area contributed by atoms with Gasteiger partial charge in [-0.3, -0.25) is 10.1 Å². The summed E-state index contributed by atoms with van der Waals surface area (Å²) in [6.45, 7) is -1.54. The molecule has 1 aromatic rings. The molecule has 116 valence electrons. The first-order valence-corrected chi connectivity index (χ1v) is 6.04. The second-order valence-electron chi connectivity index (χ2n) is 4.01. The molecule has 0 saturated carbocycles. The zero-order valence-corrected chi connectivity index (χ0v) is 11.6. The van der Waals surface area contributed by atoms with Crippen molar-refractivity contribution in [3.63, 3.8) is 0 Å². The van der Waals surface area contributed by atoms with Crippen LogP contribution in [-0.2, 0) is 6.54 Å². The quantitative estimate of drug-likeness (QED) is 0.494. The zero-order chi connectivity index (χ0) is 16.0. The number of pyridine rings is 1. The largest absolute Gasteiger partial charge is 0.405 e. The minimum atomic E-state index is -4.51. The smallest absolute Gasteiger partial charge is 0.370 e. The maximum atomic E-state index is 12.6. The zero-order valence-electron chi connectivity index (χ0n) is 10.9. The van der Waals surface area contributed by atoms with Crippen LogP contribution in [0.2, 0.25) is 5.15 Å². The number of nitrogens with one attached hydrogen (secondary N) is 1. The molecule has 0 amide bonds. The van der Waals surface area contributed by atoms with Crippen molar-refractivity contribution in [3.8, 4) is 0 Å². The Hall–Kier alpha value is -2.03. The van der Waals surface area contributed by atoms with Crippen molar-refractivity contribution in [3.05, 3.63) is 51.2 Å². The van der Waals surface area contributed by atoms with Crippen LogP contribution in [-0.4, -0.2) is 34.6 Å². The molecule has 0 radical (unpaired) electrons. The van der Waals surface area contributed by atoms with E-state index in [1.165, 1.54) is 25.4 Å². The molecule has 0 unspecified atom stereocenters. The molecule has 0 spiro atoms. The highest BCUT2D eigenvalue weighted by Gasteiger charge is 2.32. The number of nitrogens with zero attached hydrogens (tertiary/aromatic N) is 3. The number of aromatic nitrogens is 1. The summed E-state index contributed by atoms with van der Waals surface area (Å²) in [6.07, 6.45) is -2.72. The molecule has 0 aliphatic rings. The van der Waals surface area contributed by atoms with Gasteiger partial charge in [0, 0.05) is 19.8 Å². The predicted octanol–water partition coefficient (Wildman–Crippen LogP) is 2.39. The van der Waals surface area contributed by atoms with E-state index in [9.17, 15) is 23.3 Å². The average molecular weight is 325 g/mol. The fourth-order valence-electron chi connectivity index (χ4n) is 1.57. The topological polar surface area (TPSA) is 71.3 Å². The van der Waals surface area contributed by atoms with Gasteiger partial charge in [-0.25, -0.2) is 4.98 Å². The molecule has 1 rings (SSSR count). The molecule has 0 aliphatic heterocycles. The van der Waals surface area contributed by atoms with Gasteiger partial charge in [-0.1, -0.05) is 17.7 Å². The van der Waals surface area contributed by atoms with Gasteiger partial charge in [0.2, 0.25) is 0 Å². The molecule has 0 aromatic carbocycles. The lowest BCUT2D eigenvalue weighted by molar-refractivity contribution is -0.404. The van der Waals surface area contributed by atoms with Gasteiger partial charge < -0.3 is 10.2 Å². The fourth-order valence-corrected chi connectivity index (χ4v) is 1.68. The fraction of sp³-hybridized carbons (Fsp3) is 0.364. The van der Waals surface area contributed by atoms with E-state index in [1.54, 1.807) is 0 Å². The van der Waals surface area contributed by atoms with Gasteiger partial charge in [0.25, 0.3) is 6.20 Å². The molecular weight excluding hydrogens is 313 g/mol. The summed E-state index contributed by atoms with van der Waals surface area (Å²) < 4.78 is 37.8. The van der Waals surface area contributed by atoms with E-state index < -0.39 is 17.6 Å². The van der Waals surface area contributed by atoms with Gasteiger partial charge in [-0.2, -0.15) is 13.2 Å². The molecule has 6 nitrogen and oxygen atoms in total. The summed E-state index contributed by atoms with van der Waals surface area (Å²) in [6, 6.07) is 2.93. The molecule has 0 bridgehead atoms. The SMILES string of the molecule is CN/C(=C\[N+](=O)[O-])N(Cc1ccc(Cl)nc1)CC(F)(F)F. The summed E-state index contributed by atoms with van der Waals surface area (Å²) in [5.74, 6) is -0.257. The van der Waals surface area contributed by atoms with Crippen molar-refractivity contribution in [2.75, 3.05) is 13.6 Å². The van der Waals surface area contributed by atoms with Crippen molar-refractivity contribution in [1.82, 2.24) is 15.2 Å². The van der Waals surface area contributed by atoms with E-state index in [4.69, 9.17) is 11.6 Å². The Bertz CT molecular complexity index is 519. The molecule has 0 saturated heterocycles. The number of hydrogen-bond acceptors (Lipinski definition) is 5. The maximum absolute atomic E-state index is 12.6. The van der Waals surface area contributed by atoms with Crippen LogP contribution in [0.15, 0.2) is 30.4 Å². The Morgan fingerprint density at radius 2 is 2.24 bits per heavy atom. The summed E-state index contributed by atoms with van der Waals surface area (Å²) in [7, 11) is 1.30. The first kappa shape index (κ1) is 17.0. The van der Waals surface area contributed by atoms with Crippen molar-refractivity contribution < 1.29 is 18.1 Å². The van der Waals surface area contributed by atoms with Crippen LogP contribution in [0.5, 0.6) is 0 Å². The van der Waals surface area contributed by atoms with Gasteiger partial charge in [0.1, 0.15) is 11.7 Å². The Labute approximate surface area is 123 Å². The number of rotatable bonds is 6. The lowest BCUT2D eigenvalue weighted by Crippen LogP contribution is -2.37. The Morgan fingerprint density at radius 1 is 1.57 bits per heavy atom. The highest BCUT2D eigenvalue weighted by atomic mass is 35.5. The second kappa shape index (κ2) is 7.11. The van der Waals surface area contributed by atoms with Crippen LogP contribution in [0.4, 0.5) is 13.2 Å². The van der Waals surface area contributed by atoms with E-state index >= 15 is 0 Å². The van der Waals surface area contributed by atoms with Crippen molar-refractivity contribution in [2.45, 2.75) is 12.7 Å². The van der Waals surface area contributed by atoms with Crippen LogP contribution in [0.25, 0.3) is 0 Å². The monoisotopic (exact) mass is 324 g/mol. The number of hydrogen-bond donors (Lipinski definition) is 1. The Balaban J connectivity index is 3.01. The molecule has 1 aromatic heterocycles. The molecule has 10 heteroatoms. The van der Waals surface area contributed by atoms with Crippen molar-refractivity contribution in [2.24, 2.45) is 0 Å². The maximum Gasteiger partial charge on any atom is 0.405 e. The third-order valence-corrected chi connectivity index (χ3v) is 2.58. The highest BCUT2D eigenvalue weighted by Crippen LogP contribution is 2.20. The van der Waals surface area contributed by atoms with E-state index in [-0.39, 0.29) is 17.5 Å². The van der Waals surface area contributed by atoms with E-state index in [0.29, 0.717) is 11.8 Å². The lowest BCUT2D eigenvalue weighted by Gasteiger charge is -2.26. The van der Waals surface area contributed by atoms with Gasteiger partial charge in [-0.15, -0.1) is 0 Å². The molecule has 21 heavy (non-hydrogen) atoms. The molecule has 0 fully saturated rings. The molecule has 0 atom stereocenters. The third kappa shape index (κ3) is 6.30. The van der Waals surface area contributed by atoms with Gasteiger partial charge in [0.05, 0.1) is 4.92 Å².